The Bertz CT molecular complexity index is 893. The summed E-state index contributed by atoms with van der Waals surface area (Å²) < 4.78 is 48.5. The van der Waals surface area contributed by atoms with Crippen molar-refractivity contribution in [2.75, 3.05) is 19.5 Å². The molecule has 0 saturated carbocycles. The van der Waals surface area contributed by atoms with Crippen LogP contribution in [0.2, 0.25) is 0 Å². The number of benzene rings is 2. The number of nitriles is 1. The van der Waals surface area contributed by atoms with Crippen molar-refractivity contribution in [2.24, 2.45) is 0 Å². The lowest BCUT2D eigenvalue weighted by Gasteiger charge is -2.10. The van der Waals surface area contributed by atoms with E-state index < -0.39 is 17.6 Å². The normalized spacial score (nSPS) is 11.5. The highest BCUT2D eigenvalue weighted by atomic mass is 19.4. The van der Waals surface area contributed by atoms with E-state index >= 15 is 0 Å². The van der Waals surface area contributed by atoms with Crippen molar-refractivity contribution in [3.63, 3.8) is 0 Å². The maximum Gasteiger partial charge on any atom is 0.416 e. The SMILES string of the molecule is COc1cc(/C=C(/C#N)C(=O)Nc2cccc(C(F)(F)F)c2)cc(OC)c1. The molecule has 2 aromatic carbocycles. The zero-order chi connectivity index (χ0) is 20.0. The molecule has 0 aliphatic carbocycles. The first kappa shape index (κ1) is 19.8. The Morgan fingerprint density at radius 2 is 1.74 bits per heavy atom. The van der Waals surface area contributed by atoms with E-state index in [1.54, 1.807) is 24.3 Å². The van der Waals surface area contributed by atoms with Crippen molar-refractivity contribution in [1.82, 2.24) is 0 Å². The molecule has 140 valence electrons. The van der Waals surface area contributed by atoms with Gasteiger partial charge < -0.3 is 14.8 Å². The van der Waals surface area contributed by atoms with Crippen molar-refractivity contribution in [1.29, 1.82) is 5.26 Å². The molecule has 0 atom stereocenters. The van der Waals surface area contributed by atoms with Gasteiger partial charge in [-0.05, 0) is 42.0 Å². The van der Waals surface area contributed by atoms with Crippen LogP contribution in [0.25, 0.3) is 6.08 Å². The monoisotopic (exact) mass is 376 g/mol. The highest BCUT2D eigenvalue weighted by Gasteiger charge is 2.30. The summed E-state index contributed by atoms with van der Waals surface area (Å²) in [4.78, 5) is 12.3. The molecule has 0 saturated heterocycles. The van der Waals surface area contributed by atoms with Gasteiger partial charge in [0.2, 0.25) is 0 Å². The second-order valence-corrected chi connectivity index (χ2v) is 5.35. The Labute approximate surface area is 153 Å². The third-order valence-corrected chi connectivity index (χ3v) is 3.50. The van der Waals surface area contributed by atoms with E-state index in [-0.39, 0.29) is 11.3 Å². The van der Waals surface area contributed by atoms with Crippen LogP contribution >= 0.6 is 0 Å². The zero-order valence-electron chi connectivity index (χ0n) is 14.4. The molecule has 0 radical (unpaired) electrons. The van der Waals surface area contributed by atoms with Crippen LogP contribution in [0.4, 0.5) is 18.9 Å². The molecular weight excluding hydrogens is 361 g/mol. The molecule has 0 aromatic heterocycles. The number of hydrogen-bond donors (Lipinski definition) is 1. The second kappa shape index (κ2) is 8.27. The highest BCUT2D eigenvalue weighted by molar-refractivity contribution is 6.09. The Kier molecular flexibility index (Phi) is 6.08. The molecule has 0 heterocycles. The number of anilines is 1. The first-order chi connectivity index (χ1) is 12.8. The predicted octanol–water partition coefficient (Wildman–Crippen LogP) is 4.27. The van der Waals surface area contributed by atoms with E-state index in [1.165, 1.54) is 32.4 Å². The van der Waals surface area contributed by atoms with Crippen molar-refractivity contribution in [2.45, 2.75) is 6.18 Å². The number of methoxy groups -OCH3 is 2. The van der Waals surface area contributed by atoms with Crippen LogP contribution in [0, 0.1) is 11.3 Å². The summed E-state index contributed by atoms with van der Waals surface area (Å²) in [6, 6.07) is 10.7. The van der Waals surface area contributed by atoms with Crippen LogP contribution in [0.5, 0.6) is 11.5 Å². The number of carbonyl (C=O) groups is 1. The maximum atomic E-state index is 12.8. The van der Waals surface area contributed by atoms with Gasteiger partial charge in [-0.2, -0.15) is 18.4 Å². The molecule has 2 rings (SSSR count). The number of halogens is 3. The Morgan fingerprint density at radius 1 is 1.11 bits per heavy atom. The lowest BCUT2D eigenvalue weighted by molar-refractivity contribution is -0.137. The minimum Gasteiger partial charge on any atom is -0.497 e. The number of ether oxygens (including phenoxy) is 2. The molecule has 1 amide bonds. The van der Waals surface area contributed by atoms with Gasteiger partial charge in [-0.3, -0.25) is 4.79 Å². The molecule has 0 bridgehead atoms. The molecule has 5 nitrogen and oxygen atoms in total. The Morgan fingerprint density at radius 3 is 2.26 bits per heavy atom. The van der Waals surface area contributed by atoms with Crippen LogP contribution in [-0.4, -0.2) is 20.1 Å². The van der Waals surface area contributed by atoms with E-state index in [4.69, 9.17) is 9.47 Å². The molecular formula is C19H15F3N2O3. The molecule has 0 unspecified atom stereocenters. The molecule has 0 fully saturated rings. The first-order valence-corrected chi connectivity index (χ1v) is 7.60. The second-order valence-electron chi connectivity index (χ2n) is 5.35. The number of amides is 1. The van der Waals surface area contributed by atoms with Gasteiger partial charge in [-0.15, -0.1) is 0 Å². The molecule has 0 spiro atoms. The summed E-state index contributed by atoms with van der Waals surface area (Å²) in [5.41, 5.74) is -0.802. The van der Waals surface area contributed by atoms with Gasteiger partial charge in [0.25, 0.3) is 5.91 Å². The van der Waals surface area contributed by atoms with E-state index in [0.717, 1.165) is 12.1 Å². The van der Waals surface area contributed by atoms with E-state index in [2.05, 4.69) is 5.32 Å². The van der Waals surface area contributed by atoms with Gasteiger partial charge in [0.05, 0.1) is 19.8 Å². The summed E-state index contributed by atoms with van der Waals surface area (Å²) >= 11 is 0. The number of nitrogens with one attached hydrogen (secondary N) is 1. The number of nitrogens with zero attached hydrogens (tertiary/aromatic N) is 1. The highest BCUT2D eigenvalue weighted by Crippen LogP contribution is 2.31. The van der Waals surface area contributed by atoms with Crippen molar-refractivity contribution >= 4 is 17.7 Å². The number of hydrogen-bond acceptors (Lipinski definition) is 4. The fraction of sp³-hybridized carbons (Fsp3) is 0.158. The minimum atomic E-state index is -4.54. The lowest BCUT2D eigenvalue weighted by Crippen LogP contribution is -2.14. The number of alkyl halides is 3. The summed E-state index contributed by atoms with van der Waals surface area (Å²) in [7, 11) is 2.90. The topological polar surface area (TPSA) is 71.3 Å². The largest absolute Gasteiger partial charge is 0.497 e. The fourth-order valence-electron chi connectivity index (χ4n) is 2.20. The van der Waals surface area contributed by atoms with Crippen LogP contribution in [0.3, 0.4) is 0 Å². The van der Waals surface area contributed by atoms with Crippen molar-refractivity contribution in [3.8, 4) is 17.6 Å². The molecule has 1 N–H and O–H groups in total. The van der Waals surface area contributed by atoms with Gasteiger partial charge in [-0.1, -0.05) is 6.07 Å². The standard InChI is InChI=1S/C19H15F3N2O3/c1-26-16-7-12(8-17(10-16)27-2)6-13(11-23)18(25)24-15-5-3-4-14(9-15)19(20,21)22/h3-10H,1-2H3,(H,24,25)/b13-6-. The van der Waals surface area contributed by atoms with Gasteiger partial charge in [0.15, 0.2) is 0 Å². The lowest BCUT2D eigenvalue weighted by atomic mass is 10.1. The number of carbonyl (C=O) groups excluding carboxylic acids is 1. The first-order valence-electron chi connectivity index (χ1n) is 7.60. The molecule has 2 aromatic rings. The van der Waals surface area contributed by atoms with Gasteiger partial charge in [0, 0.05) is 11.8 Å². The molecule has 0 aliphatic rings. The van der Waals surface area contributed by atoms with E-state index in [9.17, 15) is 23.2 Å². The minimum absolute atomic E-state index is 0.0702. The quantitative estimate of drug-likeness (QED) is 0.625. The third-order valence-electron chi connectivity index (χ3n) is 3.50. The molecule has 0 aliphatic heterocycles. The van der Waals surface area contributed by atoms with Gasteiger partial charge >= 0.3 is 6.18 Å². The van der Waals surface area contributed by atoms with E-state index in [0.29, 0.717) is 17.1 Å². The fourth-order valence-corrected chi connectivity index (χ4v) is 2.20. The third kappa shape index (κ3) is 5.25. The average molecular weight is 376 g/mol. The molecule has 8 heteroatoms. The number of rotatable bonds is 5. The Hall–Kier alpha value is -3.47. The van der Waals surface area contributed by atoms with Crippen LogP contribution in [0.15, 0.2) is 48.0 Å². The maximum absolute atomic E-state index is 12.8. The van der Waals surface area contributed by atoms with Crippen molar-refractivity contribution < 1.29 is 27.4 Å². The van der Waals surface area contributed by atoms with Gasteiger partial charge in [-0.25, -0.2) is 0 Å². The predicted molar refractivity (Wildman–Crippen MR) is 93.2 cm³/mol. The molecule has 27 heavy (non-hydrogen) atoms. The summed E-state index contributed by atoms with van der Waals surface area (Å²) in [6.45, 7) is 0. The van der Waals surface area contributed by atoms with Crippen molar-refractivity contribution in [3.05, 3.63) is 59.2 Å². The van der Waals surface area contributed by atoms with Gasteiger partial charge in [0.1, 0.15) is 23.1 Å². The van der Waals surface area contributed by atoms with Crippen LogP contribution < -0.4 is 14.8 Å². The summed E-state index contributed by atoms with van der Waals surface area (Å²) in [5, 5.41) is 11.5. The smallest absolute Gasteiger partial charge is 0.416 e. The van der Waals surface area contributed by atoms with Crippen LogP contribution in [-0.2, 0) is 11.0 Å². The average Bonchev–Trinajstić information content (AvgIpc) is 2.65. The van der Waals surface area contributed by atoms with Crippen LogP contribution in [0.1, 0.15) is 11.1 Å². The zero-order valence-corrected chi connectivity index (χ0v) is 14.4. The Balaban J connectivity index is 2.29. The van der Waals surface area contributed by atoms with E-state index in [1.807, 2.05) is 0 Å². The summed E-state index contributed by atoms with van der Waals surface area (Å²) in [6.07, 6.45) is -3.25. The summed E-state index contributed by atoms with van der Waals surface area (Å²) in [5.74, 6) is 0.0750.